The molecule has 4 aromatic rings. The molecule has 8 nitrogen and oxygen atoms in total. The Bertz CT molecular complexity index is 1340. The summed E-state index contributed by atoms with van der Waals surface area (Å²) >= 11 is 0. The van der Waals surface area contributed by atoms with Gasteiger partial charge in [-0.2, -0.15) is 5.10 Å². The number of fused-ring (bicyclic) bond motifs is 1. The van der Waals surface area contributed by atoms with E-state index >= 15 is 0 Å². The molecule has 0 N–H and O–H groups in total. The Balaban J connectivity index is 1.55. The number of aryl methyl sites for hydroxylation is 1. The van der Waals surface area contributed by atoms with Gasteiger partial charge in [0.1, 0.15) is 11.5 Å². The zero-order valence-electron chi connectivity index (χ0n) is 20.3. The van der Waals surface area contributed by atoms with Gasteiger partial charge in [0.2, 0.25) is 5.91 Å². The normalized spacial score (nSPS) is 14.5. The molecule has 1 aliphatic rings. The van der Waals surface area contributed by atoms with Crippen LogP contribution in [-0.2, 0) is 11.8 Å². The average Bonchev–Trinajstić information content (AvgIpc) is 3.51. The van der Waals surface area contributed by atoms with Gasteiger partial charge in [0.25, 0.3) is 0 Å². The minimum atomic E-state index is 0.0284. The van der Waals surface area contributed by atoms with Gasteiger partial charge in [-0.1, -0.05) is 6.07 Å². The first kappa shape index (κ1) is 22.8. The second kappa shape index (κ2) is 9.74. The first-order valence-corrected chi connectivity index (χ1v) is 11.8. The maximum Gasteiger partial charge on any atom is 0.222 e. The fraction of sp³-hybridized carbons (Fsp3) is 0.333. The van der Waals surface area contributed by atoms with Crippen LogP contribution in [0.25, 0.3) is 22.3 Å². The third-order valence-corrected chi connectivity index (χ3v) is 6.60. The summed E-state index contributed by atoms with van der Waals surface area (Å²) in [6.07, 6.45) is 7.85. The summed E-state index contributed by atoms with van der Waals surface area (Å²) in [6, 6.07) is 12.2. The van der Waals surface area contributed by atoms with Crippen molar-refractivity contribution in [3.05, 3.63) is 66.1 Å². The first-order chi connectivity index (χ1) is 17.0. The van der Waals surface area contributed by atoms with Gasteiger partial charge in [-0.3, -0.25) is 14.5 Å². The number of benzene rings is 2. The largest absolute Gasteiger partial charge is 0.497 e. The van der Waals surface area contributed by atoms with E-state index in [0.29, 0.717) is 13.0 Å². The molecule has 8 heteroatoms. The van der Waals surface area contributed by atoms with E-state index in [9.17, 15) is 4.79 Å². The number of hydrogen-bond acceptors (Lipinski definition) is 6. The molecule has 1 atom stereocenters. The standard InChI is InChI=1S/C27H29N5O3/c1-31-17-20(15-29-31)26-16-28-24-7-6-18(13-25(24)30-26)23(8-10-32-9-4-5-27(32)33)19-11-21(34-2)14-22(12-19)35-3/h6-7,11-17,23H,4-5,8-10H2,1-3H3. The number of carbonyl (C=O) groups excluding carboxylic acids is 1. The van der Waals surface area contributed by atoms with Crippen LogP contribution < -0.4 is 9.47 Å². The van der Waals surface area contributed by atoms with E-state index in [0.717, 1.165) is 64.3 Å². The molecule has 180 valence electrons. The summed E-state index contributed by atoms with van der Waals surface area (Å²) in [7, 11) is 5.19. The van der Waals surface area contributed by atoms with Gasteiger partial charge >= 0.3 is 0 Å². The van der Waals surface area contributed by atoms with Gasteiger partial charge in [-0.15, -0.1) is 0 Å². The first-order valence-electron chi connectivity index (χ1n) is 11.8. The highest BCUT2D eigenvalue weighted by molar-refractivity contribution is 5.79. The number of amides is 1. The summed E-state index contributed by atoms with van der Waals surface area (Å²) in [5.41, 5.74) is 5.54. The highest BCUT2D eigenvalue weighted by Gasteiger charge is 2.23. The number of carbonyl (C=O) groups is 1. The second-order valence-corrected chi connectivity index (χ2v) is 8.88. The summed E-state index contributed by atoms with van der Waals surface area (Å²) in [4.78, 5) is 23.7. The molecule has 1 saturated heterocycles. The van der Waals surface area contributed by atoms with E-state index in [2.05, 4.69) is 22.2 Å². The number of nitrogens with zero attached hydrogens (tertiary/aromatic N) is 5. The van der Waals surface area contributed by atoms with Crippen molar-refractivity contribution in [1.82, 2.24) is 24.6 Å². The van der Waals surface area contributed by atoms with Gasteiger partial charge in [-0.25, -0.2) is 4.98 Å². The molecule has 1 aliphatic heterocycles. The highest BCUT2D eigenvalue weighted by Crippen LogP contribution is 2.35. The van der Waals surface area contributed by atoms with E-state index < -0.39 is 0 Å². The van der Waals surface area contributed by atoms with Crippen molar-refractivity contribution in [2.75, 3.05) is 27.3 Å². The molecule has 2 aromatic heterocycles. The van der Waals surface area contributed by atoms with Crippen molar-refractivity contribution in [3.8, 4) is 22.8 Å². The lowest BCUT2D eigenvalue weighted by molar-refractivity contribution is -0.127. The van der Waals surface area contributed by atoms with Gasteiger partial charge in [0.15, 0.2) is 0 Å². The number of rotatable bonds is 8. The van der Waals surface area contributed by atoms with Crippen LogP contribution in [0.15, 0.2) is 55.0 Å². The van der Waals surface area contributed by atoms with Crippen LogP contribution in [-0.4, -0.2) is 57.9 Å². The molecule has 2 aromatic carbocycles. The van der Waals surface area contributed by atoms with Crippen LogP contribution in [0.5, 0.6) is 11.5 Å². The molecule has 0 saturated carbocycles. The van der Waals surface area contributed by atoms with Crippen molar-refractivity contribution >= 4 is 16.9 Å². The highest BCUT2D eigenvalue weighted by atomic mass is 16.5. The third kappa shape index (κ3) is 4.82. The van der Waals surface area contributed by atoms with Gasteiger partial charge < -0.3 is 14.4 Å². The molecular formula is C27H29N5O3. The lowest BCUT2D eigenvalue weighted by atomic mass is 9.87. The van der Waals surface area contributed by atoms with Crippen LogP contribution in [0, 0.1) is 0 Å². The number of likely N-dealkylation sites (tertiary alicyclic amines) is 1. The summed E-state index contributed by atoms with van der Waals surface area (Å²) in [5, 5.41) is 4.25. The molecule has 3 heterocycles. The van der Waals surface area contributed by atoms with E-state index in [-0.39, 0.29) is 11.8 Å². The van der Waals surface area contributed by atoms with Crippen molar-refractivity contribution in [2.45, 2.75) is 25.2 Å². The molecule has 1 unspecified atom stereocenters. The number of methoxy groups -OCH3 is 2. The number of hydrogen-bond donors (Lipinski definition) is 0. The van der Waals surface area contributed by atoms with Crippen molar-refractivity contribution < 1.29 is 14.3 Å². The van der Waals surface area contributed by atoms with Crippen LogP contribution >= 0.6 is 0 Å². The number of ether oxygens (including phenoxy) is 2. The van der Waals surface area contributed by atoms with Crippen molar-refractivity contribution in [2.24, 2.45) is 7.05 Å². The van der Waals surface area contributed by atoms with Crippen LogP contribution in [0.2, 0.25) is 0 Å². The molecule has 0 spiro atoms. The maximum atomic E-state index is 12.3. The minimum absolute atomic E-state index is 0.0284. The smallest absolute Gasteiger partial charge is 0.222 e. The molecule has 0 radical (unpaired) electrons. The Hall–Kier alpha value is -3.94. The SMILES string of the molecule is COc1cc(OC)cc(C(CCN2CCCC2=O)c2ccc3ncc(-c4cnn(C)c4)nc3c2)c1. The third-order valence-electron chi connectivity index (χ3n) is 6.60. The summed E-state index contributed by atoms with van der Waals surface area (Å²) in [6.45, 7) is 1.52. The Morgan fingerprint density at radius 1 is 1.00 bits per heavy atom. The van der Waals surface area contributed by atoms with Gasteiger partial charge in [0, 0.05) is 50.3 Å². The molecule has 1 amide bonds. The second-order valence-electron chi connectivity index (χ2n) is 8.88. The zero-order valence-corrected chi connectivity index (χ0v) is 20.3. The fourth-order valence-corrected chi connectivity index (χ4v) is 4.72. The van der Waals surface area contributed by atoms with Crippen molar-refractivity contribution in [3.63, 3.8) is 0 Å². The average molecular weight is 472 g/mol. The monoisotopic (exact) mass is 471 g/mol. The molecule has 1 fully saturated rings. The fourth-order valence-electron chi connectivity index (χ4n) is 4.72. The van der Waals surface area contributed by atoms with Crippen LogP contribution in [0.3, 0.4) is 0 Å². The lowest BCUT2D eigenvalue weighted by Gasteiger charge is -2.23. The van der Waals surface area contributed by atoms with Crippen LogP contribution in [0.4, 0.5) is 0 Å². The Morgan fingerprint density at radius 2 is 1.80 bits per heavy atom. The Labute approximate surface area is 204 Å². The lowest BCUT2D eigenvalue weighted by Crippen LogP contribution is -2.27. The molecular weight excluding hydrogens is 442 g/mol. The predicted molar refractivity (Wildman–Crippen MR) is 134 cm³/mol. The molecule has 35 heavy (non-hydrogen) atoms. The quantitative estimate of drug-likeness (QED) is 0.383. The maximum absolute atomic E-state index is 12.3. The van der Waals surface area contributed by atoms with E-state index in [1.807, 2.05) is 42.4 Å². The molecule has 5 rings (SSSR count). The summed E-state index contributed by atoms with van der Waals surface area (Å²) < 4.78 is 12.8. The Morgan fingerprint density at radius 3 is 2.46 bits per heavy atom. The van der Waals surface area contributed by atoms with E-state index in [1.54, 1.807) is 31.3 Å². The predicted octanol–water partition coefficient (Wildman–Crippen LogP) is 4.19. The minimum Gasteiger partial charge on any atom is -0.497 e. The van der Waals surface area contributed by atoms with Gasteiger partial charge in [0.05, 0.1) is 43.3 Å². The van der Waals surface area contributed by atoms with Crippen molar-refractivity contribution in [1.29, 1.82) is 0 Å². The van der Waals surface area contributed by atoms with E-state index in [4.69, 9.17) is 14.5 Å². The topological polar surface area (TPSA) is 82.4 Å². The Kier molecular flexibility index (Phi) is 6.35. The van der Waals surface area contributed by atoms with Crippen LogP contribution in [0.1, 0.15) is 36.3 Å². The summed E-state index contributed by atoms with van der Waals surface area (Å²) in [5.74, 6) is 1.74. The molecule has 0 bridgehead atoms. The number of aromatic nitrogens is 4. The zero-order chi connectivity index (χ0) is 24.4. The molecule has 0 aliphatic carbocycles. The van der Waals surface area contributed by atoms with Gasteiger partial charge in [-0.05, 0) is 48.2 Å². The van der Waals surface area contributed by atoms with E-state index in [1.165, 1.54) is 0 Å².